The number of carbonyl (C=O) groups excluding carboxylic acids is 1. The van der Waals surface area contributed by atoms with Gasteiger partial charge in [-0.2, -0.15) is 0 Å². The van der Waals surface area contributed by atoms with Crippen molar-refractivity contribution in [3.8, 4) is 0 Å². The van der Waals surface area contributed by atoms with Gasteiger partial charge in [-0.25, -0.2) is 9.59 Å². The van der Waals surface area contributed by atoms with E-state index >= 15 is 0 Å². The molecule has 0 aromatic carbocycles. The van der Waals surface area contributed by atoms with E-state index in [-0.39, 0.29) is 6.03 Å². The van der Waals surface area contributed by atoms with E-state index < -0.39 is 11.5 Å². The Morgan fingerprint density at radius 3 is 2.50 bits per heavy atom. The number of likely N-dealkylation sites (tertiary alicyclic amines) is 1. The van der Waals surface area contributed by atoms with E-state index in [1.54, 1.807) is 0 Å². The molecule has 0 radical (unpaired) electrons. The van der Waals surface area contributed by atoms with E-state index in [0.29, 0.717) is 31.5 Å². The number of likely N-dealkylation sites (N-methyl/N-ethyl adjacent to an activating group) is 1. The van der Waals surface area contributed by atoms with E-state index in [9.17, 15) is 14.7 Å². The zero-order valence-electron chi connectivity index (χ0n) is 12.0. The molecule has 2 aliphatic heterocycles. The van der Waals surface area contributed by atoms with Gasteiger partial charge in [0.15, 0.2) is 0 Å². The summed E-state index contributed by atoms with van der Waals surface area (Å²) in [6.07, 6.45) is 5.31. The number of urea groups is 1. The topological polar surface area (TPSA) is 72.9 Å². The van der Waals surface area contributed by atoms with Crippen molar-refractivity contribution in [1.82, 2.24) is 15.1 Å². The molecule has 20 heavy (non-hydrogen) atoms. The number of fused-ring (bicyclic) bond motifs is 2. The lowest BCUT2D eigenvalue weighted by Gasteiger charge is -2.40. The maximum Gasteiger partial charge on any atom is 0.329 e. The third-order valence-corrected chi connectivity index (χ3v) is 5.40. The van der Waals surface area contributed by atoms with Gasteiger partial charge in [-0.1, -0.05) is 0 Å². The molecule has 1 saturated carbocycles. The second-order valence-corrected chi connectivity index (χ2v) is 6.46. The number of hydrogen-bond acceptors (Lipinski definition) is 3. The maximum atomic E-state index is 12.4. The molecule has 1 aliphatic carbocycles. The van der Waals surface area contributed by atoms with E-state index in [2.05, 4.69) is 17.3 Å². The smallest absolute Gasteiger partial charge is 0.329 e. The summed E-state index contributed by atoms with van der Waals surface area (Å²) in [6.45, 7) is 1.45. The van der Waals surface area contributed by atoms with E-state index in [1.807, 2.05) is 4.90 Å². The summed E-state index contributed by atoms with van der Waals surface area (Å²) in [6, 6.07) is 0.804. The third kappa shape index (κ3) is 2.16. The van der Waals surface area contributed by atoms with Crippen LogP contribution in [0.25, 0.3) is 0 Å². The number of carboxylic acid groups (broad SMARTS) is 1. The van der Waals surface area contributed by atoms with Crippen LogP contribution in [0, 0.1) is 0 Å². The van der Waals surface area contributed by atoms with Crippen LogP contribution in [-0.2, 0) is 4.79 Å². The molecule has 6 heteroatoms. The quantitative estimate of drug-likeness (QED) is 0.788. The molecule has 0 aromatic heterocycles. The van der Waals surface area contributed by atoms with Crippen molar-refractivity contribution in [3.05, 3.63) is 0 Å². The zero-order chi connectivity index (χ0) is 14.3. The molecular weight excluding hydrogens is 258 g/mol. The number of aliphatic carboxylic acids is 1. The van der Waals surface area contributed by atoms with Gasteiger partial charge in [-0.05, 0) is 45.6 Å². The number of nitrogens with one attached hydrogen (secondary N) is 1. The van der Waals surface area contributed by atoms with Crippen molar-refractivity contribution in [2.24, 2.45) is 0 Å². The largest absolute Gasteiger partial charge is 0.480 e. The summed E-state index contributed by atoms with van der Waals surface area (Å²) in [5.41, 5.74) is -1.01. The van der Waals surface area contributed by atoms with E-state index in [1.165, 1.54) is 6.42 Å². The predicted molar refractivity (Wildman–Crippen MR) is 73.5 cm³/mol. The summed E-state index contributed by atoms with van der Waals surface area (Å²) in [7, 11) is 2.13. The fraction of sp³-hybridized carbons (Fsp3) is 0.857. The van der Waals surface area contributed by atoms with Gasteiger partial charge in [0.1, 0.15) is 5.54 Å². The van der Waals surface area contributed by atoms with Gasteiger partial charge in [0.05, 0.1) is 0 Å². The molecule has 2 amide bonds. The van der Waals surface area contributed by atoms with Gasteiger partial charge in [-0.15, -0.1) is 0 Å². The number of nitrogens with zero attached hydrogens (tertiary/aromatic N) is 2. The van der Waals surface area contributed by atoms with Gasteiger partial charge < -0.3 is 15.3 Å². The molecule has 0 aromatic rings. The molecule has 6 nitrogen and oxygen atoms in total. The Bertz CT molecular complexity index is 422. The Morgan fingerprint density at radius 1 is 1.20 bits per heavy atom. The fourth-order valence-electron chi connectivity index (χ4n) is 3.70. The van der Waals surface area contributed by atoms with Gasteiger partial charge in [-0.3, -0.25) is 4.90 Å². The summed E-state index contributed by atoms with van der Waals surface area (Å²) >= 11 is 0. The molecule has 0 spiro atoms. The average molecular weight is 281 g/mol. The average Bonchev–Trinajstić information content (AvgIpc) is 2.57. The van der Waals surface area contributed by atoms with Crippen LogP contribution >= 0.6 is 0 Å². The van der Waals surface area contributed by atoms with Crippen LogP contribution in [0.5, 0.6) is 0 Å². The molecule has 112 valence electrons. The fourth-order valence-corrected chi connectivity index (χ4v) is 3.70. The Kier molecular flexibility index (Phi) is 3.36. The van der Waals surface area contributed by atoms with Crippen molar-refractivity contribution in [2.45, 2.75) is 56.1 Å². The third-order valence-electron chi connectivity index (χ3n) is 5.40. The second-order valence-electron chi connectivity index (χ2n) is 6.46. The molecule has 2 atom stereocenters. The standard InChI is InChI=1S/C14H23N3O3/c1-16-10-3-4-11(16)9-17(8-5-10)13(20)15-14(12(18)19)6-2-7-14/h10-11H,2-9H2,1H3,(H,15,20)(H,18,19). The predicted octanol–water partition coefficient (Wildman–Crippen LogP) is 0.872. The lowest BCUT2D eigenvalue weighted by Crippen LogP contribution is -2.62. The first-order chi connectivity index (χ1) is 9.52. The highest BCUT2D eigenvalue weighted by Gasteiger charge is 2.47. The number of rotatable bonds is 2. The lowest BCUT2D eigenvalue weighted by atomic mass is 9.77. The van der Waals surface area contributed by atoms with Crippen molar-refractivity contribution < 1.29 is 14.7 Å². The minimum absolute atomic E-state index is 0.201. The summed E-state index contributed by atoms with van der Waals surface area (Å²) in [5, 5.41) is 12.1. The van der Waals surface area contributed by atoms with Crippen LogP contribution in [-0.4, -0.2) is 64.7 Å². The highest BCUT2D eigenvalue weighted by Crippen LogP contribution is 2.33. The van der Waals surface area contributed by atoms with Crippen LogP contribution < -0.4 is 5.32 Å². The number of amides is 2. The van der Waals surface area contributed by atoms with Gasteiger partial charge >= 0.3 is 12.0 Å². The number of hydrogen-bond donors (Lipinski definition) is 2. The Morgan fingerprint density at radius 2 is 1.90 bits per heavy atom. The molecule has 3 rings (SSSR count). The minimum Gasteiger partial charge on any atom is -0.480 e. The molecular formula is C14H23N3O3. The first kappa shape index (κ1) is 13.7. The number of carbonyl (C=O) groups is 2. The van der Waals surface area contributed by atoms with Crippen molar-refractivity contribution in [3.63, 3.8) is 0 Å². The molecule has 2 unspecified atom stereocenters. The monoisotopic (exact) mass is 281 g/mol. The molecule has 3 fully saturated rings. The van der Waals surface area contributed by atoms with Crippen molar-refractivity contribution in [2.75, 3.05) is 20.1 Å². The first-order valence-corrected chi connectivity index (χ1v) is 7.54. The van der Waals surface area contributed by atoms with Gasteiger partial charge in [0.2, 0.25) is 0 Å². The van der Waals surface area contributed by atoms with Crippen molar-refractivity contribution in [1.29, 1.82) is 0 Å². The summed E-state index contributed by atoms with van der Waals surface area (Å²) in [4.78, 5) is 27.9. The van der Waals surface area contributed by atoms with Gasteiger partial charge in [0.25, 0.3) is 0 Å². The Balaban J connectivity index is 1.64. The highest BCUT2D eigenvalue weighted by atomic mass is 16.4. The molecule has 2 bridgehead atoms. The number of carboxylic acids is 1. The molecule has 2 saturated heterocycles. The van der Waals surface area contributed by atoms with Crippen LogP contribution in [0.15, 0.2) is 0 Å². The summed E-state index contributed by atoms with van der Waals surface area (Å²) in [5.74, 6) is -0.898. The van der Waals surface area contributed by atoms with Gasteiger partial charge in [0, 0.05) is 25.2 Å². The normalized spacial score (nSPS) is 32.4. The van der Waals surface area contributed by atoms with Crippen LogP contribution in [0.4, 0.5) is 4.79 Å². The van der Waals surface area contributed by atoms with Crippen molar-refractivity contribution >= 4 is 12.0 Å². The maximum absolute atomic E-state index is 12.4. The molecule has 2 N–H and O–H groups in total. The Labute approximate surface area is 119 Å². The highest BCUT2D eigenvalue weighted by molar-refractivity contribution is 5.87. The van der Waals surface area contributed by atoms with E-state index in [0.717, 1.165) is 25.8 Å². The minimum atomic E-state index is -1.01. The SMILES string of the molecule is CN1C2CCC1CN(C(=O)NC1(C(=O)O)CCC1)CC2. The summed E-state index contributed by atoms with van der Waals surface area (Å²) < 4.78 is 0. The molecule has 2 heterocycles. The van der Waals surface area contributed by atoms with Crippen LogP contribution in [0.1, 0.15) is 38.5 Å². The first-order valence-electron chi connectivity index (χ1n) is 7.54. The van der Waals surface area contributed by atoms with E-state index in [4.69, 9.17) is 0 Å². The molecule has 3 aliphatic rings. The van der Waals surface area contributed by atoms with Crippen LogP contribution in [0.2, 0.25) is 0 Å². The zero-order valence-corrected chi connectivity index (χ0v) is 12.0. The second kappa shape index (κ2) is 4.91. The Hall–Kier alpha value is -1.30. The lowest BCUT2D eigenvalue weighted by molar-refractivity contribution is -0.148. The van der Waals surface area contributed by atoms with Crippen LogP contribution in [0.3, 0.4) is 0 Å².